The van der Waals surface area contributed by atoms with Crippen LogP contribution in [0, 0.1) is 15.9 Å². The Hall–Kier alpha value is -2.49. The summed E-state index contributed by atoms with van der Waals surface area (Å²) in [6, 6.07) is 7.40. The Morgan fingerprint density at radius 3 is 2.28 bits per heavy atom. The maximum Gasteiger partial charge on any atom is 0.373 e. The molecule has 2 aromatic rings. The molecule has 132 valence electrons. The van der Waals surface area contributed by atoms with Crippen LogP contribution >= 0.6 is 11.8 Å². The molecule has 0 aliphatic heterocycles. The first kappa shape index (κ1) is 18.8. The standard InChI is InChI=1S/C16H14FNO6S/c17-13-1-3-14(4-2-13)24-16(21)25-9-12-5-10(7-19)11(8-20)6-15(12)18(22)23/h1-6,19-20H,7-9H2. The minimum absolute atomic E-state index is 0.0605. The van der Waals surface area contributed by atoms with E-state index in [0.29, 0.717) is 17.3 Å². The third-order valence-corrected chi connectivity index (χ3v) is 4.07. The Morgan fingerprint density at radius 2 is 1.72 bits per heavy atom. The zero-order chi connectivity index (χ0) is 18.4. The number of carbonyl (C=O) groups excluding carboxylic acids is 1. The van der Waals surface area contributed by atoms with Crippen molar-refractivity contribution < 1.29 is 29.1 Å². The van der Waals surface area contributed by atoms with Gasteiger partial charge in [0.25, 0.3) is 5.69 Å². The number of rotatable bonds is 6. The Kier molecular flexibility index (Phi) is 6.45. The van der Waals surface area contributed by atoms with Crippen molar-refractivity contribution in [1.29, 1.82) is 0 Å². The van der Waals surface area contributed by atoms with Crippen LogP contribution in [-0.2, 0) is 19.0 Å². The van der Waals surface area contributed by atoms with Crippen LogP contribution in [0.1, 0.15) is 16.7 Å². The van der Waals surface area contributed by atoms with Crippen molar-refractivity contribution in [1.82, 2.24) is 0 Å². The predicted molar refractivity (Wildman–Crippen MR) is 88.7 cm³/mol. The third kappa shape index (κ3) is 4.99. The van der Waals surface area contributed by atoms with E-state index >= 15 is 0 Å². The Labute approximate surface area is 146 Å². The second-order valence-electron chi connectivity index (χ2n) is 4.92. The summed E-state index contributed by atoms with van der Waals surface area (Å²) < 4.78 is 17.8. The first-order valence-electron chi connectivity index (χ1n) is 7.05. The smallest absolute Gasteiger partial charge is 0.373 e. The van der Waals surface area contributed by atoms with Gasteiger partial charge < -0.3 is 14.9 Å². The van der Waals surface area contributed by atoms with Gasteiger partial charge in [-0.15, -0.1) is 0 Å². The van der Waals surface area contributed by atoms with Crippen LogP contribution < -0.4 is 4.74 Å². The molecule has 0 aliphatic carbocycles. The third-order valence-electron chi connectivity index (χ3n) is 3.30. The Morgan fingerprint density at radius 1 is 1.12 bits per heavy atom. The Bertz CT molecular complexity index is 781. The largest absolute Gasteiger partial charge is 0.418 e. The molecule has 0 saturated heterocycles. The van der Waals surface area contributed by atoms with Crippen molar-refractivity contribution in [2.75, 3.05) is 0 Å². The molecular weight excluding hydrogens is 353 g/mol. The average Bonchev–Trinajstić information content (AvgIpc) is 2.60. The summed E-state index contributed by atoms with van der Waals surface area (Å²) in [6.45, 7) is -0.845. The molecule has 0 heterocycles. The van der Waals surface area contributed by atoms with Gasteiger partial charge in [-0.3, -0.25) is 10.1 Å². The summed E-state index contributed by atoms with van der Waals surface area (Å²) in [5.41, 5.74) is 0.545. The number of nitro benzene ring substituents is 1. The second-order valence-corrected chi connectivity index (χ2v) is 5.83. The van der Waals surface area contributed by atoms with Crippen LogP contribution in [-0.4, -0.2) is 20.4 Å². The number of carbonyl (C=O) groups is 1. The molecule has 25 heavy (non-hydrogen) atoms. The zero-order valence-corrected chi connectivity index (χ0v) is 13.7. The van der Waals surface area contributed by atoms with Gasteiger partial charge in [0.1, 0.15) is 11.6 Å². The van der Waals surface area contributed by atoms with Crippen molar-refractivity contribution in [3.8, 4) is 5.75 Å². The maximum atomic E-state index is 12.8. The van der Waals surface area contributed by atoms with E-state index in [1.165, 1.54) is 24.3 Å². The van der Waals surface area contributed by atoms with Gasteiger partial charge in [0.15, 0.2) is 0 Å². The highest BCUT2D eigenvalue weighted by atomic mass is 32.2. The van der Waals surface area contributed by atoms with Gasteiger partial charge in [-0.05, 0) is 53.2 Å². The number of hydrogen-bond donors (Lipinski definition) is 2. The maximum absolute atomic E-state index is 12.8. The average molecular weight is 367 g/mol. The van der Waals surface area contributed by atoms with Crippen LogP contribution in [0.2, 0.25) is 0 Å². The SMILES string of the molecule is O=C(Oc1ccc(F)cc1)SCc1cc(CO)c(CO)cc1[N+](=O)[O-]. The molecular formula is C16H14FNO6S. The van der Waals surface area contributed by atoms with Crippen LogP contribution in [0.25, 0.3) is 0 Å². The van der Waals surface area contributed by atoms with Crippen molar-refractivity contribution in [2.24, 2.45) is 0 Å². The molecule has 0 aromatic heterocycles. The van der Waals surface area contributed by atoms with Gasteiger partial charge in [0.05, 0.1) is 18.1 Å². The molecule has 0 unspecified atom stereocenters. The predicted octanol–water partition coefficient (Wildman–Crippen LogP) is 3.15. The lowest BCUT2D eigenvalue weighted by Gasteiger charge is -2.09. The first-order valence-corrected chi connectivity index (χ1v) is 8.04. The van der Waals surface area contributed by atoms with Crippen LogP contribution in [0.4, 0.5) is 14.9 Å². The minimum Gasteiger partial charge on any atom is -0.418 e. The second kappa shape index (κ2) is 8.56. The number of halogens is 1. The lowest BCUT2D eigenvalue weighted by Crippen LogP contribution is -2.04. The zero-order valence-electron chi connectivity index (χ0n) is 12.8. The molecule has 0 saturated carbocycles. The molecule has 2 aromatic carbocycles. The van der Waals surface area contributed by atoms with E-state index in [0.717, 1.165) is 12.1 Å². The van der Waals surface area contributed by atoms with E-state index in [2.05, 4.69) is 0 Å². The van der Waals surface area contributed by atoms with Crippen molar-refractivity contribution in [3.05, 3.63) is 69.0 Å². The van der Waals surface area contributed by atoms with E-state index in [1.807, 2.05) is 0 Å². The lowest BCUT2D eigenvalue weighted by atomic mass is 10.0. The van der Waals surface area contributed by atoms with Gasteiger partial charge >= 0.3 is 5.30 Å². The van der Waals surface area contributed by atoms with E-state index in [-0.39, 0.29) is 28.3 Å². The van der Waals surface area contributed by atoms with Crippen molar-refractivity contribution >= 4 is 22.8 Å². The fraction of sp³-hybridized carbons (Fsp3) is 0.188. The number of aliphatic hydroxyl groups is 2. The number of benzene rings is 2. The van der Waals surface area contributed by atoms with Crippen molar-refractivity contribution in [2.45, 2.75) is 19.0 Å². The number of nitrogens with zero attached hydrogens (tertiary/aromatic N) is 1. The molecule has 0 aliphatic rings. The normalized spacial score (nSPS) is 10.5. The molecule has 0 spiro atoms. The minimum atomic E-state index is -0.710. The molecule has 0 radical (unpaired) electrons. The molecule has 2 rings (SSSR count). The lowest BCUT2D eigenvalue weighted by molar-refractivity contribution is -0.385. The molecule has 2 N–H and O–H groups in total. The van der Waals surface area contributed by atoms with Gasteiger partial charge in [0, 0.05) is 17.4 Å². The number of ether oxygens (including phenoxy) is 1. The molecule has 7 nitrogen and oxygen atoms in total. The fourth-order valence-corrected chi connectivity index (χ4v) is 2.73. The molecule has 0 bridgehead atoms. The van der Waals surface area contributed by atoms with E-state index < -0.39 is 29.3 Å². The number of nitro groups is 1. The number of aliphatic hydroxyl groups excluding tert-OH is 2. The summed E-state index contributed by atoms with van der Waals surface area (Å²) in [7, 11) is 0. The Balaban J connectivity index is 2.11. The van der Waals surface area contributed by atoms with Crippen LogP contribution in [0.5, 0.6) is 5.75 Å². The van der Waals surface area contributed by atoms with E-state index in [4.69, 9.17) is 4.74 Å². The molecule has 0 fully saturated rings. The summed E-state index contributed by atoms with van der Waals surface area (Å²) in [6.07, 6.45) is 0. The highest BCUT2D eigenvalue weighted by Gasteiger charge is 2.19. The van der Waals surface area contributed by atoms with E-state index in [1.54, 1.807) is 0 Å². The van der Waals surface area contributed by atoms with Gasteiger partial charge in [-0.2, -0.15) is 0 Å². The van der Waals surface area contributed by atoms with E-state index in [9.17, 15) is 29.5 Å². The number of thioether (sulfide) groups is 1. The van der Waals surface area contributed by atoms with Crippen LogP contribution in [0.3, 0.4) is 0 Å². The first-order chi connectivity index (χ1) is 11.9. The summed E-state index contributed by atoms with van der Waals surface area (Å²) in [4.78, 5) is 22.4. The highest BCUT2D eigenvalue weighted by Crippen LogP contribution is 2.28. The van der Waals surface area contributed by atoms with Crippen molar-refractivity contribution in [3.63, 3.8) is 0 Å². The van der Waals surface area contributed by atoms with Gasteiger partial charge in [-0.1, -0.05) is 0 Å². The summed E-state index contributed by atoms with van der Waals surface area (Å²) in [5.74, 6) is -0.377. The monoisotopic (exact) mass is 367 g/mol. The van der Waals surface area contributed by atoms with Gasteiger partial charge in [-0.25, -0.2) is 9.18 Å². The van der Waals surface area contributed by atoms with Crippen LogP contribution in [0.15, 0.2) is 36.4 Å². The molecule has 9 heteroatoms. The summed E-state index contributed by atoms with van der Waals surface area (Å²) >= 11 is 0.689. The quantitative estimate of drug-likeness (QED) is 0.458. The highest BCUT2D eigenvalue weighted by molar-refractivity contribution is 8.12. The number of hydrogen-bond acceptors (Lipinski definition) is 7. The summed E-state index contributed by atoms with van der Waals surface area (Å²) in [5, 5.41) is 28.9. The van der Waals surface area contributed by atoms with Gasteiger partial charge in [0.2, 0.25) is 0 Å². The fourth-order valence-electron chi connectivity index (χ4n) is 2.07. The molecule has 0 atom stereocenters. The topological polar surface area (TPSA) is 110 Å². The molecule has 0 amide bonds.